The normalized spacial score (nSPS) is 10.7. The van der Waals surface area contributed by atoms with Crippen molar-refractivity contribution < 1.29 is 13.9 Å². The van der Waals surface area contributed by atoms with Crippen LogP contribution in [0.15, 0.2) is 82.0 Å². The zero-order chi connectivity index (χ0) is 21.1. The lowest BCUT2D eigenvalue weighted by Gasteiger charge is -2.10. The van der Waals surface area contributed by atoms with Gasteiger partial charge in [-0.25, -0.2) is 0 Å². The van der Waals surface area contributed by atoms with E-state index in [4.69, 9.17) is 20.8 Å². The zero-order valence-corrected chi connectivity index (χ0v) is 16.9. The fraction of sp³-hybridized carbons (Fsp3) is 0.0833. The highest BCUT2D eigenvalue weighted by Gasteiger charge is 2.14. The van der Waals surface area contributed by atoms with Crippen molar-refractivity contribution in [2.24, 2.45) is 0 Å². The lowest BCUT2D eigenvalue weighted by atomic mass is 10.0. The SMILES string of the molecule is Cc1oc2cc(OCC(=O)Nc3ccc(Cl)cc3)ccc2c(=O)c1-c1ccccc1. The van der Waals surface area contributed by atoms with Gasteiger partial charge in [-0.2, -0.15) is 0 Å². The number of aryl methyl sites for hydroxylation is 1. The largest absolute Gasteiger partial charge is 0.484 e. The van der Waals surface area contributed by atoms with E-state index in [1.165, 1.54) is 0 Å². The van der Waals surface area contributed by atoms with Crippen LogP contribution in [0.25, 0.3) is 22.1 Å². The number of anilines is 1. The molecule has 1 amide bonds. The lowest BCUT2D eigenvalue weighted by Crippen LogP contribution is -2.20. The van der Waals surface area contributed by atoms with Gasteiger partial charge in [0.05, 0.1) is 10.9 Å². The van der Waals surface area contributed by atoms with E-state index in [1.807, 2.05) is 30.3 Å². The van der Waals surface area contributed by atoms with E-state index in [-0.39, 0.29) is 17.9 Å². The molecule has 0 aliphatic heterocycles. The summed E-state index contributed by atoms with van der Waals surface area (Å²) in [7, 11) is 0. The van der Waals surface area contributed by atoms with Gasteiger partial charge in [0.2, 0.25) is 5.43 Å². The van der Waals surface area contributed by atoms with E-state index >= 15 is 0 Å². The summed E-state index contributed by atoms with van der Waals surface area (Å²) in [5.74, 6) is 0.648. The topological polar surface area (TPSA) is 68.5 Å². The van der Waals surface area contributed by atoms with Gasteiger partial charge in [-0.1, -0.05) is 41.9 Å². The average molecular weight is 420 g/mol. The minimum Gasteiger partial charge on any atom is -0.484 e. The maximum atomic E-state index is 13.0. The predicted molar refractivity (Wildman–Crippen MR) is 118 cm³/mol. The molecule has 5 nitrogen and oxygen atoms in total. The third kappa shape index (κ3) is 4.21. The van der Waals surface area contributed by atoms with Crippen molar-refractivity contribution >= 4 is 34.2 Å². The first-order valence-electron chi connectivity index (χ1n) is 9.32. The maximum absolute atomic E-state index is 13.0. The number of nitrogens with one attached hydrogen (secondary N) is 1. The number of amides is 1. The molecule has 0 saturated carbocycles. The molecule has 0 unspecified atom stereocenters. The predicted octanol–water partition coefficient (Wildman–Crippen LogP) is 5.44. The minimum absolute atomic E-state index is 0.105. The number of fused-ring (bicyclic) bond motifs is 1. The summed E-state index contributed by atoms with van der Waals surface area (Å²) < 4.78 is 11.5. The molecule has 4 rings (SSSR count). The van der Waals surface area contributed by atoms with Crippen molar-refractivity contribution in [1.29, 1.82) is 0 Å². The first kappa shape index (κ1) is 19.7. The Morgan fingerprint density at radius 2 is 1.77 bits per heavy atom. The minimum atomic E-state index is -0.311. The molecule has 0 aliphatic rings. The summed E-state index contributed by atoms with van der Waals surface area (Å²) in [4.78, 5) is 25.1. The van der Waals surface area contributed by atoms with Crippen LogP contribution in [0.4, 0.5) is 5.69 Å². The molecule has 1 aromatic heterocycles. The van der Waals surface area contributed by atoms with Gasteiger partial charge >= 0.3 is 0 Å². The van der Waals surface area contributed by atoms with Crippen LogP contribution in [-0.4, -0.2) is 12.5 Å². The number of carbonyl (C=O) groups is 1. The number of halogens is 1. The van der Waals surface area contributed by atoms with Crippen molar-refractivity contribution in [2.45, 2.75) is 6.92 Å². The number of benzene rings is 3. The van der Waals surface area contributed by atoms with E-state index < -0.39 is 0 Å². The van der Waals surface area contributed by atoms with Gasteiger partial charge < -0.3 is 14.5 Å². The summed E-state index contributed by atoms with van der Waals surface area (Å²) >= 11 is 5.84. The van der Waals surface area contributed by atoms with E-state index in [0.29, 0.717) is 38.8 Å². The molecule has 0 saturated heterocycles. The molecular formula is C24H18ClNO4. The number of hydrogen-bond donors (Lipinski definition) is 1. The van der Waals surface area contributed by atoms with Gasteiger partial charge in [-0.15, -0.1) is 0 Å². The summed E-state index contributed by atoms with van der Waals surface area (Å²) in [6.07, 6.45) is 0. The summed E-state index contributed by atoms with van der Waals surface area (Å²) in [5.41, 5.74) is 2.28. The van der Waals surface area contributed by atoms with Gasteiger partial charge in [0.25, 0.3) is 5.91 Å². The highest BCUT2D eigenvalue weighted by molar-refractivity contribution is 6.30. The van der Waals surface area contributed by atoms with Crippen LogP contribution in [0.1, 0.15) is 5.76 Å². The highest BCUT2D eigenvalue weighted by Crippen LogP contribution is 2.26. The first-order chi connectivity index (χ1) is 14.5. The third-order valence-electron chi connectivity index (χ3n) is 4.60. The standard InChI is InChI=1S/C24H18ClNO4/c1-15-23(16-5-3-2-4-6-16)24(28)20-12-11-19(13-21(20)30-15)29-14-22(27)26-18-9-7-17(25)8-10-18/h2-13H,14H2,1H3,(H,26,27). The second-order valence-corrected chi connectivity index (χ2v) is 7.17. The van der Waals surface area contributed by atoms with Gasteiger partial charge in [-0.05, 0) is 48.9 Å². The molecule has 6 heteroatoms. The molecule has 0 bridgehead atoms. The Labute approximate surface area is 177 Å². The van der Waals surface area contributed by atoms with Crippen LogP contribution < -0.4 is 15.5 Å². The molecule has 0 atom stereocenters. The Morgan fingerprint density at radius 1 is 1.03 bits per heavy atom. The van der Waals surface area contributed by atoms with Crippen LogP contribution in [0.3, 0.4) is 0 Å². The molecule has 0 aliphatic carbocycles. The highest BCUT2D eigenvalue weighted by atomic mass is 35.5. The molecule has 150 valence electrons. The fourth-order valence-electron chi connectivity index (χ4n) is 3.19. The third-order valence-corrected chi connectivity index (χ3v) is 4.85. The van der Waals surface area contributed by atoms with Crippen LogP contribution in [-0.2, 0) is 4.79 Å². The second-order valence-electron chi connectivity index (χ2n) is 6.73. The van der Waals surface area contributed by atoms with Gasteiger partial charge in [0.1, 0.15) is 17.1 Å². The number of rotatable bonds is 5. The van der Waals surface area contributed by atoms with Crippen LogP contribution in [0, 0.1) is 6.92 Å². The van der Waals surface area contributed by atoms with Crippen molar-refractivity contribution in [1.82, 2.24) is 0 Å². The number of hydrogen-bond acceptors (Lipinski definition) is 4. The Bertz CT molecular complexity index is 1260. The average Bonchev–Trinajstić information content (AvgIpc) is 2.74. The quantitative estimate of drug-likeness (QED) is 0.467. The summed E-state index contributed by atoms with van der Waals surface area (Å²) in [6.45, 7) is 1.58. The van der Waals surface area contributed by atoms with E-state index in [2.05, 4.69) is 5.32 Å². The van der Waals surface area contributed by atoms with Crippen molar-refractivity contribution in [2.75, 3.05) is 11.9 Å². The monoisotopic (exact) mass is 419 g/mol. The molecule has 0 fully saturated rings. The Morgan fingerprint density at radius 3 is 2.50 bits per heavy atom. The Kier molecular flexibility index (Phi) is 5.55. The summed E-state index contributed by atoms with van der Waals surface area (Å²) in [6, 6.07) is 21.1. The van der Waals surface area contributed by atoms with Crippen molar-refractivity contribution in [3.8, 4) is 16.9 Å². The molecule has 0 radical (unpaired) electrons. The van der Waals surface area contributed by atoms with E-state index in [9.17, 15) is 9.59 Å². The van der Waals surface area contributed by atoms with Crippen molar-refractivity contribution in [3.05, 3.63) is 93.8 Å². The van der Waals surface area contributed by atoms with Gasteiger partial charge in [0, 0.05) is 16.8 Å². The smallest absolute Gasteiger partial charge is 0.262 e. The van der Waals surface area contributed by atoms with Gasteiger partial charge in [-0.3, -0.25) is 9.59 Å². The number of carbonyl (C=O) groups excluding carboxylic acids is 1. The maximum Gasteiger partial charge on any atom is 0.262 e. The van der Waals surface area contributed by atoms with Crippen molar-refractivity contribution in [3.63, 3.8) is 0 Å². The van der Waals surface area contributed by atoms with Gasteiger partial charge in [0.15, 0.2) is 6.61 Å². The Hall–Kier alpha value is -3.57. The van der Waals surface area contributed by atoms with E-state index in [0.717, 1.165) is 5.56 Å². The fourth-order valence-corrected chi connectivity index (χ4v) is 3.32. The molecule has 1 N–H and O–H groups in total. The summed E-state index contributed by atoms with van der Waals surface area (Å²) in [5, 5.41) is 3.77. The molecule has 3 aromatic carbocycles. The Balaban J connectivity index is 1.53. The second kappa shape index (κ2) is 8.43. The number of ether oxygens (including phenoxy) is 1. The lowest BCUT2D eigenvalue weighted by molar-refractivity contribution is -0.118. The molecule has 0 spiro atoms. The van der Waals surface area contributed by atoms with Crippen LogP contribution in [0.5, 0.6) is 5.75 Å². The molecule has 1 heterocycles. The van der Waals surface area contributed by atoms with Crippen LogP contribution in [0.2, 0.25) is 5.02 Å². The van der Waals surface area contributed by atoms with Crippen LogP contribution >= 0.6 is 11.6 Å². The molecular weight excluding hydrogens is 402 g/mol. The first-order valence-corrected chi connectivity index (χ1v) is 9.70. The van der Waals surface area contributed by atoms with E-state index in [1.54, 1.807) is 49.4 Å². The molecule has 30 heavy (non-hydrogen) atoms. The zero-order valence-electron chi connectivity index (χ0n) is 16.1. The molecule has 4 aromatic rings.